The Kier molecular flexibility index (Phi) is 2.94. The molecule has 0 radical (unpaired) electrons. The molecule has 0 fully saturated rings. The number of hydrogen-bond donors (Lipinski definition) is 0. The van der Waals surface area contributed by atoms with E-state index < -0.39 is 17.1 Å². The minimum atomic E-state index is -0.628. The monoisotopic (exact) mass is 300 g/mol. The van der Waals surface area contributed by atoms with Crippen molar-refractivity contribution >= 4 is 11.0 Å². The van der Waals surface area contributed by atoms with Gasteiger partial charge in [0.05, 0.1) is 7.05 Å². The van der Waals surface area contributed by atoms with Crippen LogP contribution in [0.15, 0.2) is 33.9 Å². The van der Waals surface area contributed by atoms with Crippen molar-refractivity contribution in [2.45, 2.75) is 6.92 Å². The van der Waals surface area contributed by atoms with Crippen LogP contribution >= 0.6 is 0 Å². The minimum Gasteiger partial charge on any atom is -0.857 e. The van der Waals surface area contributed by atoms with Gasteiger partial charge in [0.2, 0.25) is 5.69 Å². The molecule has 22 heavy (non-hydrogen) atoms. The highest BCUT2D eigenvalue weighted by Gasteiger charge is 2.25. The number of imidazole rings is 1. The topological polar surface area (TPSA) is 75.9 Å². The molecule has 3 aromatic rings. The van der Waals surface area contributed by atoms with Gasteiger partial charge in [-0.3, -0.25) is 9.36 Å². The Balaban J connectivity index is 2.57. The molecule has 7 nitrogen and oxygen atoms in total. The van der Waals surface area contributed by atoms with Crippen LogP contribution in [0.5, 0.6) is 5.88 Å². The van der Waals surface area contributed by atoms with Crippen LogP contribution < -0.4 is 20.9 Å². The molecular formula is C15H16N4O3. The van der Waals surface area contributed by atoms with E-state index in [-0.39, 0.29) is 5.69 Å². The highest BCUT2D eigenvalue weighted by Crippen LogP contribution is 2.20. The summed E-state index contributed by atoms with van der Waals surface area (Å²) in [5, 5.41) is 12.5. The van der Waals surface area contributed by atoms with Crippen molar-refractivity contribution in [1.82, 2.24) is 13.7 Å². The summed E-state index contributed by atoms with van der Waals surface area (Å²) in [6, 6.07) is 7.49. The number of fused-ring (bicyclic) bond motifs is 1. The third-order valence-electron chi connectivity index (χ3n) is 4.10. The van der Waals surface area contributed by atoms with E-state index in [1.165, 1.54) is 14.1 Å². The zero-order valence-electron chi connectivity index (χ0n) is 12.8. The first-order chi connectivity index (χ1) is 10.4. The van der Waals surface area contributed by atoms with Gasteiger partial charge in [0.1, 0.15) is 0 Å². The fraction of sp³-hybridized carbons (Fsp3) is 0.267. The molecule has 0 amide bonds. The Morgan fingerprint density at radius 2 is 1.73 bits per heavy atom. The molecule has 0 unspecified atom stereocenters. The van der Waals surface area contributed by atoms with Crippen molar-refractivity contribution in [3.63, 3.8) is 0 Å². The van der Waals surface area contributed by atoms with Gasteiger partial charge in [-0.1, -0.05) is 12.1 Å². The van der Waals surface area contributed by atoms with E-state index in [1.807, 2.05) is 42.8 Å². The summed E-state index contributed by atoms with van der Waals surface area (Å²) in [6.45, 7) is 1.82. The molecule has 0 saturated heterocycles. The summed E-state index contributed by atoms with van der Waals surface area (Å²) in [6.07, 6.45) is 0. The normalized spacial score (nSPS) is 11.3. The van der Waals surface area contributed by atoms with Gasteiger partial charge in [-0.25, -0.2) is 9.36 Å². The average Bonchev–Trinajstić information content (AvgIpc) is 2.77. The standard InChI is InChI=1S/C15H16N4O3/c1-9-16(2)10-7-5-6-8-11(10)19(9)12-13(20)17(3)15(22)18(4)14(12)21/h5-8H,1-4H3. The average molecular weight is 300 g/mol. The molecule has 0 atom stereocenters. The molecule has 2 aromatic heterocycles. The molecule has 0 bridgehead atoms. The Bertz CT molecular complexity index is 1020. The van der Waals surface area contributed by atoms with Gasteiger partial charge < -0.3 is 9.67 Å². The highest BCUT2D eigenvalue weighted by molar-refractivity contribution is 5.75. The lowest BCUT2D eigenvalue weighted by Crippen LogP contribution is -2.41. The molecule has 0 aliphatic carbocycles. The van der Waals surface area contributed by atoms with Crippen LogP contribution in [0.25, 0.3) is 16.7 Å². The maximum atomic E-state index is 12.5. The van der Waals surface area contributed by atoms with Crippen molar-refractivity contribution in [2.75, 3.05) is 0 Å². The van der Waals surface area contributed by atoms with E-state index in [9.17, 15) is 14.7 Å². The summed E-state index contributed by atoms with van der Waals surface area (Å²) in [5.74, 6) is 0.131. The van der Waals surface area contributed by atoms with Crippen LogP contribution in [0.2, 0.25) is 0 Å². The Hall–Kier alpha value is -2.83. The SMILES string of the molecule is Cc1n(-c2c([O-])n(C)c(=O)n(C)c2=O)c2ccccc2[n+]1C. The summed E-state index contributed by atoms with van der Waals surface area (Å²) in [4.78, 5) is 24.3. The van der Waals surface area contributed by atoms with Gasteiger partial charge in [0, 0.05) is 26.9 Å². The number of aryl methyl sites for hydroxylation is 1. The first-order valence-electron chi connectivity index (χ1n) is 6.79. The second-order valence-corrected chi connectivity index (χ2v) is 5.29. The Morgan fingerprint density at radius 3 is 2.41 bits per heavy atom. The number of rotatable bonds is 1. The van der Waals surface area contributed by atoms with Crippen molar-refractivity contribution in [2.24, 2.45) is 21.1 Å². The van der Waals surface area contributed by atoms with Gasteiger partial charge in [0.15, 0.2) is 11.0 Å². The van der Waals surface area contributed by atoms with E-state index in [0.29, 0.717) is 0 Å². The van der Waals surface area contributed by atoms with Gasteiger partial charge in [-0.15, -0.1) is 0 Å². The quantitative estimate of drug-likeness (QED) is 0.554. The molecule has 3 rings (SSSR count). The van der Waals surface area contributed by atoms with Gasteiger partial charge in [-0.05, 0) is 12.1 Å². The second kappa shape index (κ2) is 4.59. The molecule has 0 aliphatic heterocycles. The van der Waals surface area contributed by atoms with Crippen molar-refractivity contribution in [3.05, 3.63) is 50.9 Å². The van der Waals surface area contributed by atoms with Crippen LogP contribution in [0, 0.1) is 6.92 Å². The van der Waals surface area contributed by atoms with Gasteiger partial charge in [0.25, 0.3) is 5.82 Å². The van der Waals surface area contributed by atoms with E-state index in [1.54, 1.807) is 4.57 Å². The van der Waals surface area contributed by atoms with Gasteiger partial charge in [-0.2, -0.15) is 4.57 Å². The maximum absolute atomic E-state index is 12.5. The van der Waals surface area contributed by atoms with E-state index >= 15 is 0 Å². The van der Waals surface area contributed by atoms with Crippen molar-refractivity contribution in [3.8, 4) is 11.6 Å². The molecular weight excluding hydrogens is 284 g/mol. The first kappa shape index (κ1) is 14.1. The number of benzene rings is 1. The minimum absolute atomic E-state index is 0.0427. The smallest absolute Gasteiger partial charge is 0.330 e. The maximum Gasteiger partial charge on any atom is 0.330 e. The Morgan fingerprint density at radius 1 is 1.09 bits per heavy atom. The summed E-state index contributed by atoms with van der Waals surface area (Å²) >= 11 is 0. The lowest BCUT2D eigenvalue weighted by atomic mass is 10.3. The number of hydrogen-bond acceptors (Lipinski definition) is 3. The zero-order valence-corrected chi connectivity index (χ0v) is 12.8. The lowest BCUT2D eigenvalue weighted by Gasteiger charge is -2.16. The van der Waals surface area contributed by atoms with Crippen LogP contribution in [0.1, 0.15) is 5.82 Å². The number of para-hydroxylation sites is 2. The van der Waals surface area contributed by atoms with E-state index in [0.717, 1.165) is 26.0 Å². The van der Waals surface area contributed by atoms with E-state index in [4.69, 9.17) is 0 Å². The summed E-state index contributed by atoms with van der Waals surface area (Å²) < 4.78 is 5.41. The van der Waals surface area contributed by atoms with Gasteiger partial charge >= 0.3 is 11.2 Å². The largest absolute Gasteiger partial charge is 0.857 e. The fourth-order valence-corrected chi connectivity index (χ4v) is 2.72. The highest BCUT2D eigenvalue weighted by atomic mass is 16.3. The molecule has 114 valence electrons. The molecule has 0 spiro atoms. The van der Waals surface area contributed by atoms with Crippen molar-refractivity contribution in [1.29, 1.82) is 0 Å². The van der Waals surface area contributed by atoms with Crippen LogP contribution in [-0.4, -0.2) is 13.7 Å². The number of nitrogens with zero attached hydrogens (tertiary/aromatic N) is 4. The summed E-state index contributed by atoms with van der Waals surface area (Å²) in [5.41, 5.74) is 0.374. The zero-order chi connectivity index (χ0) is 16.2. The molecule has 0 saturated carbocycles. The predicted octanol–water partition coefficient (Wildman–Crippen LogP) is -0.766. The van der Waals surface area contributed by atoms with Crippen LogP contribution in [-0.2, 0) is 21.1 Å². The molecule has 0 N–H and O–H groups in total. The summed E-state index contributed by atoms with van der Waals surface area (Å²) in [7, 11) is 4.61. The Labute approximate surface area is 125 Å². The van der Waals surface area contributed by atoms with Crippen LogP contribution in [0.3, 0.4) is 0 Å². The predicted molar refractivity (Wildman–Crippen MR) is 79.1 cm³/mol. The first-order valence-corrected chi connectivity index (χ1v) is 6.79. The fourth-order valence-electron chi connectivity index (χ4n) is 2.72. The lowest BCUT2D eigenvalue weighted by molar-refractivity contribution is -0.652. The molecule has 0 aliphatic rings. The van der Waals surface area contributed by atoms with E-state index in [2.05, 4.69) is 0 Å². The molecule has 2 heterocycles. The molecule has 1 aromatic carbocycles. The number of aromatic nitrogens is 4. The molecule has 7 heteroatoms. The third-order valence-corrected chi connectivity index (χ3v) is 4.10. The second-order valence-electron chi connectivity index (χ2n) is 5.29. The van der Waals surface area contributed by atoms with Crippen molar-refractivity contribution < 1.29 is 9.67 Å². The third kappa shape index (κ3) is 1.65. The van der Waals surface area contributed by atoms with Crippen LogP contribution in [0.4, 0.5) is 0 Å².